The predicted octanol–water partition coefficient (Wildman–Crippen LogP) is 2.05. The Bertz CT molecular complexity index is 650. The van der Waals surface area contributed by atoms with Crippen LogP contribution >= 0.6 is 0 Å². The van der Waals surface area contributed by atoms with Gasteiger partial charge in [-0.25, -0.2) is 0 Å². The molecule has 6 nitrogen and oxygen atoms in total. The number of nitrogens with zero attached hydrogens (tertiary/aromatic N) is 2. The van der Waals surface area contributed by atoms with E-state index in [0.29, 0.717) is 6.54 Å². The van der Waals surface area contributed by atoms with E-state index in [9.17, 15) is 9.59 Å². The van der Waals surface area contributed by atoms with Crippen molar-refractivity contribution in [1.29, 1.82) is 0 Å². The van der Waals surface area contributed by atoms with Gasteiger partial charge in [0.15, 0.2) is 0 Å². The fourth-order valence-corrected chi connectivity index (χ4v) is 2.36. The van der Waals surface area contributed by atoms with Crippen LogP contribution in [0.5, 0.6) is 0 Å². The first-order chi connectivity index (χ1) is 12.6. The molecule has 0 atom stereocenters. The number of nitrogens with one attached hydrogen (secondary N) is 1. The molecule has 0 saturated carbocycles. The highest BCUT2D eigenvalue weighted by molar-refractivity contribution is 6.01. The molecule has 6 heteroatoms. The molecular weight excluding hydrogens is 330 g/mol. The van der Waals surface area contributed by atoms with Crippen molar-refractivity contribution in [2.75, 3.05) is 45.3 Å². The molecule has 0 heterocycles. The zero-order chi connectivity index (χ0) is 18.8. The second kappa shape index (κ2) is 10.3. The molecule has 0 aromatic heterocycles. The van der Waals surface area contributed by atoms with Crippen LogP contribution in [0.25, 0.3) is 0 Å². The Balaban J connectivity index is 1.92. The summed E-state index contributed by atoms with van der Waals surface area (Å²) in [6.07, 6.45) is 0. The summed E-state index contributed by atoms with van der Waals surface area (Å²) in [6, 6.07) is 18.7. The van der Waals surface area contributed by atoms with Crippen LogP contribution < -0.4 is 10.2 Å². The number of rotatable bonds is 9. The first-order valence-electron chi connectivity index (χ1n) is 8.50. The van der Waals surface area contributed by atoms with Crippen molar-refractivity contribution in [3.63, 3.8) is 0 Å². The lowest BCUT2D eigenvalue weighted by Crippen LogP contribution is -2.35. The van der Waals surface area contributed by atoms with Gasteiger partial charge in [-0.2, -0.15) is 0 Å². The summed E-state index contributed by atoms with van der Waals surface area (Å²) in [5, 5.41) is 2.75. The minimum atomic E-state index is -0.233. The van der Waals surface area contributed by atoms with Gasteiger partial charge in [0.1, 0.15) is 13.2 Å². The van der Waals surface area contributed by atoms with Crippen LogP contribution in [0.3, 0.4) is 0 Å². The number of amides is 2. The largest absolute Gasteiger partial charge is 0.362 e. The van der Waals surface area contributed by atoms with Crippen LogP contribution in [0.4, 0.5) is 11.4 Å². The Hall–Kier alpha value is -2.70. The number of benzene rings is 2. The van der Waals surface area contributed by atoms with Crippen molar-refractivity contribution < 1.29 is 14.3 Å². The second-order valence-electron chi connectivity index (χ2n) is 6.05. The van der Waals surface area contributed by atoms with E-state index in [2.05, 4.69) is 5.32 Å². The lowest BCUT2D eigenvalue weighted by atomic mass is 10.2. The van der Waals surface area contributed by atoms with Crippen LogP contribution in [0, 0.1) is 0 Å². The van der Waals surface area contributed by atoms with E-state index in [0.717, 1.165) is 17.9 Å². The molecular formula is C20H25N3O3. The zero-order valence-corrected chi connectivity index (χ0v) is 15.2. The molecule has 0 aliphatic heterocycles. The molecule has 0 saturated heterocycles. The third kappa shape index (κ3) is 6.31. The number of likely N-dealkylation sites (N-methyl/N-ethyl adjacent to an activating group) is 1. The standard InChI is InChI=1S/C20H25N3O3/c1-22(2)14-13-21-19(24)15-26-16-20(25)23(17-9-5-3-6-10-17)18-11-7-4-8-12-18/h3-12H,13-16H2,1-2H3,(H,21,24). The Morgan fingerprint density at radius 3 is 1.92 bits per heavy atom. The van der Waals surface area contributed by atoms with E-state index in [1.807, 2.05) is 79.7 Å². The summed E-state index contributed by atoms with van der Waals surface area (Å²) in [7, 11) is 3.87. The van der Waals surface area contributed by atoms with Crippen molar-refractivity contribution in [2.45, 2.75) is 0 Å². The zero-order valence-electron chi connectivity index (χ0n) is 15.2. The van der Waals surface area contributed by atoms with Gasteiger partial charge < -0.3 is 15.0 Å². The average molecular weight is 355 g/mol. The summed E-state index contributed by atoms with van der Waals surface area (Å²) in [5.74, 6) is -0.464. The van der Waals surface area contributed by atoms with Gasteiger partial charge in [-0.1, -0.05) is 36.4 Å². The second-order valence-corrected chi connectivity index (χ2v) is 6.05. The highest BCUT2D eigenvalue weighted by Gasteiger charge is 2.18. The first-order valence-corrected chi connectivity index (χ1v) is 8.50. The van der Waals surface area contributed by atoms with Gasteiger partial charge in [0.2, 0.25) is 5.91 Å². The van der Waals surface area contributed by atoms with Crippen molar-refractivity contribution in [1.82, 2.24) is 10.2 Å². The van der Waals surface area contributed by atoms with Gasteiger partial charge in [0.05, 0.1) is 0 Å². The molecule has 0 bridgehead atoms. The van der Waals surface area contributed by atoms with E-state index in [-0.39, 0.29) is 25.0 Å². The fraction of sp³-hybridized carbons (Fsp3) is 0.300. The number of carbonyl (C=O) groups is 2. The van der Waals surface area contributed by atoms with E-state index in [4.69, 9.17) is 4.74 Å². The molecule has 2 aromatic carbocycles. The van der Waals surface area contributed by atoms with Gasteiger partial charge in [-0.3, -0.25) is 14.5 Å². The monoisotopic (exact) mass is 355 g/mol. The molecule has 0 unspecified atom stereocenters. The summed E-state index contributed by atoms with van der Waals surface area (Å²) in [5.41, 5.74) is 1.51. The molecule has 138 valence electrons. The number of hydrogen-bond donors (Lipinski definition) is 1. The highest BCUT2D eigenvalue weighted by Crippen LogP contribution is 2.24. The van der Waals surface area contributed by atoms with Gasteiger partial charge in [0.25, 0.3) is 5.91 Å². The minimum Gasteiger partial charge on any atom is -0.362 e. The number of anilines is 2. The maximum atomic E-state index is 12.7. The Labute approximate surface area is 154 Å². The van der Waals surface area contributed by atoms with E-state index < -0.39 is 0 Å². The van der Waals surface area contributed by atoms with Crippen LogP contribution in [-0.2, 0) is 14.3 Å². The SMILES string of the molecule is CN(C)CCNC(=O)COCC(=O)N(c1ccccc1)c1ccccc1. The summed E-state index contributed by atoms with van der Waals surface area (Å²) in [4.78, 5) is 28.0. The lowest BCUT2D eigenvalue weighted by molar-refractivity contribution is -0.129. The van der Waals surface area contributed by atoms with Crippen molar-refractivity contribution >= 4 is 23.2 Å². The summed E-state index contributed by atoms with van der Waals surface area (Å²) < 4.78 is 5.32. The van der Waals surface area contributed by atoms with E-state index >= 15 is 0 Å². The minimum absolute atomic E-state index is 0.142. The molecule has 1 N–H and O–H groups in total. The normalized spacial score (nSPS) is 10.6. The number of hydrogen-bond acceptors (Lipinski definition) is 4. The van der Waals surface area contributed by atoms with Crippen LogP contribution in [0.2, 0.25) is 0 Å². The summed E-state index contributed by atoms with van der Waals surface area (Å²) in [6.45, 7) is 0.977. The molecule has 0 aliphatic carbocycles. The van der Waals surface area contributed by atoms with Gasteiger partial charge in [-0.15, -0.1) is 0 Å². The van der Waals surface area contributed by atoms with Crippen LogP contribution in [0.1, 0.15) is 0 Å². The predicted molar refractivity (Wildman–Crippen MR) is 102 cm³/mol. The molecule has 0 fully saturated rings. The Morgan fingerprint density at radius 1 is 0.885 bits per heavy atom. The molecule has 2 rings (SSSR count). The molecule has 0 radical (unpaired) electrons. The van der Waals surface area contributed by atoms with Crippen molar-refractivity contribution in [3.05, 3.63) is 60.7 Å². The van der Waals surface area contributed by atoms with Crippen molar-refractivity contribution in [3.8, 4) is 0 Å². The molecule has 2 aromatic rings. The number of carbonyl (C=O) groups excluding carboxylic acids is 2. The summed E-state index contributed by atoms with van der Waals surface area (Å²) >= 11 is 0. The van der Waals surface area contributed by atoms with Crippen molar-refractivity contribution in [2.24, 2.45) is 0 Å². The lowest BCUT2D eigenvalue weighted by Gasteiger charge is -2.23. The molecule has 26 heavy (non-hydrogen) atoms. The Morgan fingerprint density at radius 2 is 1.42 bits per heavy atom. The Kier molecular flexibility index (Phi) is 7.79. The molecule has 2 amide bonds. The smallest absolute Gasteiger partial charge is 0.257 e. The van der Waals surface area contributed by atoms with Crippen LogP contribution in [-0.4, -0.2) is 57.1 Å². The van der Waals surface area contributed by atoms with Gasteiger partial charge >= 0.3 is 0 Å². The third-order valence-corrected chi connectivity index (χ3v) is 3.62. The van der Waals surface area contributed by atoms with Crippen LogP contribution in [0.15, 0.2) is 60.7 Å². The van der Waals surface area contributed by atoms with Gasteiger partial charge in [-0.05, 0) is 38.4 Å². The maximum Gasteiger partial charge on any atom is 0.257 e. The topological polar surface area (TPSA) is 61.9 Å². The van der Waals surface area contributed by atoms with E-state index in [1.54, 1.807) is 4.90 Å². The molecule has 0 spiro atoms. The van der Waals surface area contributed by atoms with Gasteiger partial charge in [0, 0.05) is 24.5 Å². The van der Waals surface area contributed by atoms with E-state index in [1.165, 1.54) is 0 Å². The first kappa shape index (κ1) is 19.6. The molecule has 0 aliphatic rings. The quantitative estimate of drug-likeness (QED) is 0.748. The maximum absolute atomic E-state index is 12.7. The fourth-order valence-electron chi connectivity index (χ4n) is 2.36. The number of ether oxygens (including phenoxy) is 1. The number of para-hydroxylation sites is 2. The third-order valence-electron chi connectivity index (χ3n) is 3.62. The highest BCUT2D eigenvalue weighted by atomic mass is 16.5. The average Bonchev–Trinajstić information content (AvgIpc) is 2.63.